The Morgan fingerprint density at radius 2 is 1.80 bits per heavy atom. The molecule has 5 aliphatic rings. The third-order valence-electron chi connectivity index (χ3n) is 7.78. The Balaban J connectivity index is 1.40. The molecule has 3 unspecified atom stereocenters. The summed E-state index contributed by atoms with van der Waals surface area (Å²) in [7, 11) is 0. The molecular weight excluding hydrogens is 308 g/mol. The monoisotopic (exact) mass is 334 g/mol. The number of hydrogen-bond donors (Lipinski definition) is 1. The summed E-state index contributed by atoms with van der Waals surface area (Å²) in [6.07, 6.45) is 12.5. The average Bonchev–Trinajstić information content (AvgIpc) is 3.13. The maximum absolute atomic E-state index is 11.9. The fraction of sp³-hybridized carbons (Fsp3) is 0.591. The third-order valence-corrected chi connectivity index (χ3v) is 7.78. The minimum Gasteiger partial charge on any atom is -0.389 e. The van der Waals surface area contributed by atoms with E-state index in [0.29, 0.717) is 5.92 Å². The number of imidazole rings is 1. The zero-order chi connectivity index (χ0) is 16.6. The van der Waals surface area contributed by atoms with E-state index in [1.165, 1.54) is 48.9 Å². The highest BCUT2D eigenvalue weighted by atomic mass is 16.3. The predicted molar refractivity (Wildman–Crippen MR) is 97.0 cm³/mol. The van der Waals surface area contributed by atoms with Gasteiger partial charge in [0.2, 0.25) is 0 Å². The first kappa shape index (κ1) is 14.5. The summed E-state index contributed by atoms with van der Waals surface area (Å²) in [6, 6.07) is 8.94. The van der Waals surface area contributed by atoms with Crippen LogP contribution in [-0.2, 0) is 0 Å². The van der Waals surface area contributed by atoms with Gasteiger partial charge in [-0.1, -0.05) is 24.3 Å². The number of nitrogens with zero attached hydrogens (tertiary/aromatic N) is 2. The van der Waals surface area contributed by atoms with Gasteiger partial charge in [-0.25, -0.2) is 4.98 Å². The van der Waals surface area contributed by atoms with Crippen LogP contribution < -0.4 is 0 Å². The summed E-state index contributed by atoms with van der Waals surface area (Å²) in [5.41, 5.74) is 3.38. The minimum absolute atomic E-state index is 0.245. The number of rotatable bonds is 2. The average molecular weight is 334 g/mol. The molecule has 3 nitrogen and oxygen atoms in total. The molecule has 2 heterocycles. The molecule has 4 bridgehead atoms. The molecule has 1 aliphatic heterocycles. The third kappa shape index (κ3) is 2.05. The summed E-state index contributed by atoms with van der Waals surface area (Å²) in [4.78, 5) is 4.39. The molecule has 4 aliphatic carbocycles. The number of hydrogen-bond acceptors (Lipinski definition) is 2. The van der Waals surface area contributed by atoms with Gasteiger partial charge in [0, 0.05) is 12.0 Å². The lowest BCUT2D eigenvalue weighted by Gasteiger charge is -2.42. The Morgan fingerprint density at radius 1 is 1.04 bits per heavy atom. The standard InChI is InChI=1S/C22H26N2O/c25-22(10-16-6-14-5-15(7-16)9-17(22)8-14)11-20-18-3-1-2-4-19(18)21-12-23-13-24(20)21/h1-4,12-17,20,25H,5-11H2/t14?,15?,16?,17?,20-,22?/m0/s1. The van der Waals surface area contributed by atoms with E-state index in [4.69, 9.17) is 0 Å². The van der Waals surface area contributed by atoms with Gasteiger partial charge in [0.05, 0.1) is 29.9 Å². The highest BCUT2D eigenvalue weighted by Gasteiger charge is 2.51. The molecular formula is C22H26N2O. The molecule has 7 rings (SSSR count). The van der Waals surface area contributed by atoms with E-state index in [1.54, 1.807) is 0 Å². The van der Waals surface area contributed by atoms with Crippen LogP contribution in [0.25, 0.3) is 11.3 Å². The summed E-state index contributed by atoms with van der Waals surface area (Å²) < 4.78 is 2.30. The van der Waals surface area contributed by atoms with E-state index in [2.05, 4.69) is 33.8 Å². The molecule has 2 aromatic rings. The number of aromatic nitrogens is 2. The Morgan fingerprint density at radius 3 is 2.64 bits per heavy atom. The van der Waals surface area contributed by atoms with E-state index in [1.807, 2.05) is 12.5 Å². The second-order valence-electron chi connectivity index (χ2n) is 9.27. The Bertz CT molecular complexity index is 813. The van der Waals surface area contributed by atoms with Crippen LogP contribution in [-0.4, -0.2) is 20.3 Å². The smallest absolute Gasteiger partial charge is 0.0956 e. The minimum atomic E-state index is -0.502. The highest BCUT2D eigenvalue weighted by molar-refractivity contribution is 5.68. The van der Waals surface area contributed by atoms with E-state index in [-0.39, 0.29) is 6.04 Å². The zero-order valence-electron chi connectivity index (χ0n) is 14.6. The Hall–Kier alpha value is -1.61. The van der Waals surface area contributed by atoms with Crippen molar-refractivity contribution in [1.29, 1.82) is 0 Å². The fourth-order valence-electron chi connectivity index (χ4n) is 6.99. The van der Waals surface area contributed by atoms with Crippen LogP contribution in [0, 0.1) is 23.7 Å². The van der Waals surface area contributed by atoms with Crippen molar-refractivity contribution in [3.63, 3.8) is 0 Å². The van der Waals surface area contributed by atoms with Crippen molar-refractivity contribution in [2.45, 2.75) is 56.6 Å². The van der Waals surface area contributed by atoms with Crippen LogP contribution >= 0.6 is 0 Å². The van der Waals surface area contributed by atoms with E-state index >= 15 is 0 Å². The Kier molecular flexibility index (Phi) is 2.89. The van der Waals surface area contributed by atoms with Gasteiger partial charge in [0.15, 0.2) is 0 Å². The normalized spacial score (nSPS) is 40.8. The lowest BCUT2D eigenvalue weighted by Crippen LogP contribution is -2.41. The van der Waals surface area contributed by atoms with Crippen LogP contribution in [0.1, 0.15) is 56.6 Å². The van der Waals surface area contributed by atoms with Crippen molar-refractivity contribution in [2.24, 2.45) is 23.7 Å². The molecule has 1 aromatic carbocycles. The summed E-state index contributed by atoms with van der Waals surface area (Å²) >= 11 is 0. The molecule has 130 valence electrons. The van der Waals surface area contributed by atoms with Crippen molar-refractivity contribution in [1.82, 2.24) is 9.55 Å². The van der Waals surface area contributed by atoms with Gasteiger partial charge in [-0.2, -0.15) is 0 Å². The maximum atomic E-state index is 11.9. The molecule has 4 saturated carbocycles. The highest BCUT2D eigenvalue weighted by Crippen LogP contribution is 2.57. The topological polar surface area (TPSA) is 38.1 Å². The second-order valence-corrected chi connectivity index (χ2v) is 9.27. The van der Waals surface area contributed by atoms with Crippen LogP contribution in [0.3, 0.4) is 0 Å². The van der Waals surface area contributed by atoms with Crippen molar-refractivity contribution >= 4 is 0 Å². The van der Waals surface area contributed by atoms with E-state index in [0.717, 1.165) is 30.6 Å². The quantitative estimate of drug-likeness (QED) is 0.883. The molecule has 0 saturated heterocycles. The van der Waals surface area contributed by atoms with E-state index < -0.39 is 5.60 Å². The summed E-state index contributed by atoms with van der Waals surface area (Å²) in [6.45, 7) is 0. The maximum Gasteiger partial charge on any atom is 0.0956 e. The molecule has 0 radical (unpaired) electrons. The zero-order valence-corrected chi connectivity index (χ0v) is 14.6. The van der Waals surface area contributed by atoms with Gasteiger partial charge in [-0.15, -0.1) is 0 Å². The van der Waals surface area contributed by atoms with Crippen LogP contribution in [0.2, 0.25) is 0 Å². The molecule has 0 spiro atoms. The van der Waals surface area contributed by atoms with Crippen LogP contribution in [0.15, 0.2) is 36.8 Å². The first-order chi connectivity index (χ1) is 12.2. The van der Waals surface area contributed by atoms with Gasteiger partial charge in [-0.3, -0.25) is 0 Å². The lowest BCUT2D eigenvalue weighted by molar-refractivity contribution is -0.0522. The first-order valence-corrected chi connectivity index (χ1v) is 10.0. The van der Waals surface area contributed by atoms with Crippen molar-refractivity contribution in [3.05, 3.63) is 42.4 Å². The number of fused-ring (bicyclic) bond motifs is 4. The molecule has 1 N–H and O–H groups in total. The molecule has 25 heavy (non-hydrogen) atoms. The number of aliphatic hydroxyl groups is 1. The summed E-state index contributed by atoms with van der Waals surface area (Å²) in [5, 5.41) is 11.9. The Labute approximate surface area is 149 Å². The van der Waals surface area contributed by atoms with Crippen molar-refractivity contribution in [3.8, 4) is 11.3 Å². The fourth-order valence-corrected chi connectivity index (χ4v) is 6.99. The van der Waals surface area contributed by atoms with Crippen molar-refractivity contribution < 1.29 is 5.11 Å². The van der Waals surface area contributed by atoms with Crippen molar-refractivity contribution in [2.75, 3.05) is 0 Å². The van der Waals surface area contributed by atoms with Crippen LogP contribution in [0.4, 0.5) is 0 Å². The SMILES string of the molecule is OC1(C[C@H]2c3ccccc3-c3cncn32)CC2CC3CC(C2)CC1C3. The van der Waals surface area contributed by atoms with Gasteiger partial charge in [0.1, 0.15) is 0 Å². The molecule has 0 amide bonds. The summed E-state index contributed by atoms with van der Waals surface area (Å²) in [5.74, 6) is 3.02. The van der Waals surface area contributed by atoms with Gasteiger partial charge >= 0.3 is 0 Å². The molecule has 1 aromatic heterocycles. The predicted octanol–water partition coefficient (Wildman–Crippen LogP) is 4.42. The molecule has 3 heteroatoms. The van der Waals surface area contributed by atoms with Crippen LogP contribution in [0.5, 0.6) is 0 Å². The van der Waals surface area contributed by atoms with Gasteiger partial charge in [0.25, 0.3) is 0 Å². The van der Waals surface area contributed by atoms with Gasteiger partial charge in [-0.05, 0) is 67.8 Å². The second kappa shape index (κ2) is 4.97. The largest absolute Gasteiger partial charge is 0.389 e. The number of benzene rings is 1. The molecule has 4 atom stereocenters. The molecule has 4 fully saturated rings. The first-order valence-electron chi connectivity index (χ1n) is 10.0. The van der Waals surface area contributed by atoms with Gasteiger partial charge < -0.3 is 9.67 Å². The van der Waals surface area contributed by atoms with E-state index in [9.17, 15) is 5.11 Å². The lowest BCUT2D eigenvalue weighted by atomic mass is 9.66.